The fraction of sp³-hybridized carbons (Fsp3) is 0.451. The van der Waals surface area contributed by atoms with Crippen molar-refractivity contribution < 1.29 is 77.6 Å². The Bertz CT molecular complexity index is 4600. The molecule has 0 unspecified atom stereocenters. The number of H-pyrrole nitrogens is 1. The molecule has 0 aliphatic carbocycles. The van der Waals surface area contributed by atoms with Gasteiger partial charge in [0.2, 0.25) is 76.8 Å². The minimum atomic E-state index is -1.69. The van der Waals surface area contributed by atoms with E-state index < -0.39 is 180 Å². The summed E-state index contributed by atoms with van der Waals surface area (Å²) in [5, 5.41) is 84.9. The van der Waals surface area contributed by atoms with Gasteiger partial charge >= 0.3 is 0 Å². The number of hydrogen-bond acceptors (Lipinski definition) is 22. The van der Waals surface area contributed by atoms with Crippen LogP contribution in [0.5, 0.6) is 5.75 Å². The molecule has 6 aromatic rings. The zero-order valence-electron chi connectivity index (χ0n) is 68.9. The van der Waals surface area contributed by atoms with Crippen LogP contribution in [0.2, 0.25) is 0 Å². The second kappa shape index (κ2) is 48.1. The number of carbonyl (C=O) groups is 13. The molecule has 26 N–H and O–H groups in total. The number of aromatic hydroxyl groups is 1. The van der Waals surface area contributed by atoms with Crippen molar-refractivity contribution in [3.8, 4) is 16.9 Å². The monoisotopic (exact) mass is 1720 g/mol. The zero-order valence-corrected chi connectivity index (χ0v) is 70.5. The molecule has 0 saturated carbocycles. The molecule has 3 aliphatic heterocycles. The van der Waals surface area contributed by atoms with E-state index in [4.69, 9.17) is 28.0 Å². The smallest absolute Gasteiger partial charge is 0.245 e. The molecule has 13 amide bonds. The highest BCUT2D eigenvalue weighted by atomic mass is 32.2. The highest BCUT2D eigenvalue weighted by Crippen LogP contribution is 2.24. The van der Waals surface area contributed by atoms with Crippen LogP contribution in [-0.4, -0.2) is 229 Å². The maximum atomic E-state index is 15.4. The molecule has 0 fully saturated rings. The molecule has 13 atom stereocenters. The number of nitrogens with two attached hydrogens (primary N) is 3. The van der Waals surface area contributed by atoms with Crippen LogP contribution in [0, 0.1) is 22.7 Å². The highest BCUT2D eigenvalue weighted by Gasteiger charge is 2.39. The number of hydrogen-bond donors (Lipinski definition) is 23. The summed E-state index contributed by atoms with van der Waals surface area (Å²) in [5.41, 5.74) is 21.1. The Balaban J connectivity index is 1.31. The number of fused-ring (bicyclic) bond motifs is 3. The fourth-order valence-electron chi connectivity index (χ4n) is 12.9. The number of para-hydroxylation sites is 1. The van der Waals surface area contributed by atoms with Gasteiger partial charge < -0.3 is 112 Å². The third-order valence-corrected chi connectivity index (χ3v) is 21.7. The average Bonchev–Trinajstić information content (AvgIpc) is 1.67. The Morgan fingerprint density at radius 2 is 1.11 bits per heavy atom. The van der Waals surface area contributed by atoms with E-state index in [-0.39, 0.29) is 99.1 Å². The van der Waals surface area contributed by atoms with Crippen LogP contribution >= 0.6 is 23.5 Å². The molecule has 122 heavy (non-hydrogen) atoms. The Kier molecular flexibility index (Phi) is 38.1. The summed E-state index contributed by atoms with van der Waals surface area (Å²) < 4.78 is 0. The Hall–Kier alpha value is -12.4. The summed E-state index contributed by atoms with van der Waals surface area (Å²) in [6, 6.07) is 10.0. The van der Waals surface area contributed by atoms with Crippen LogP contribution in [0.3, 0.4) is 0 Å². The van der Waals surface area contributed by atoms with E-state index in [2.05, 4.69) is 89.4 Å². The maximum Gasteiger partial charge on any atom is 0.245 e. The number of aromatic nitrogens is 3. The second-order valence-electron chi connectivity index (χ2n) is 30.3. The lowest BCUT2D eigenvalue weighted by molar-refractivity contribution is -0.136. The van der Waals surface area contributed by atoms with Crippen LogP contribution in [-0.2, 0) is 93.1 Å². The van der Waals surface area contributed by atoms with E-state index in [1.807, 2.05) is 13.8 Å². The van der Waals surface area contributed by atoms with Gasteiger partial charge in [0.15, 0.2) is 11.9 Å². The first-order chi connectivity index (χ1) is 58.0. The molecule has 0 radical (unpaired) electrons. The van der Waals surface area contributed by atoms with Crippen LogP contribution in [0.1, 0.15) is 109 Å². The number of aliphatic hydroxyl groups is 2. The molecule has 40 heteroatoms. The first-order valence-electron chi connectivity index (χ1n) is 39.8. The summed E-state index contributed by atoms with van der Waals surface area (Å²) in [5.74, 6) is -13.7. The number of thioether (sulfide) groups is 2. The third kappa shape index (κ3) is 31.3. The van der Waals surface area contributed by atoms with Gasteiger partial charge in [-0.05, 0) is 105 Å². The molecule has 3 aromatic heterocycles. The van der Waals surface area contributed by atoms with Gasteiger partial charge in [-0.2, -0.15) is 23.5 Å². The normalized spacial score (nSPS) is 20.1. The molecule has 3 aliphatic rings. The van der Waals surface area contributed by atoms with E-state index in [1.165, 1.54) is 45.0 Å². The molecular weight excluding hydrogens is 1610 g/mol. The van der Waals surface area contributed by atoms with E-state index >= 15 is 24.0 Å². The van der Waals surface area contributed by atoms with E-state index in [9.17, 15) is 53.7 Å². The van der Waals surface area contributed by atoms with Crippen molar-refractivity contribution in [3.05, 3.63) is 150 Å². The van der Waals surface area contributed by atoms with E-state index in [0.29, 0.717) is 50.1 Å². The molecule has 0 spiro atoms. The summed E-state index contributed by atoms with van der Waals surface area (Å²) in [6.07, 6.45) is 2.31. The van der Waals surface area contributed by atoms with Gasteiger partial charge in [0.25, 0.3) is 0 Å². The lowest BCUT2D eigenvalue weighted by atomic mass is 10.0. The highest BCUT2D eigenvalue weighted by molar-refractivity contribution is 7.98. The molecule has 0 saturated heterocycles. The minimum absolute atomic E-state index is 0.0141. The lowest BCUT2D eigenvalue weighted by Crippen LogP contribution is -2.62. The van der Waals surface area contributed by atoms with Crippen molar-refractivity contribution in [1.29, 1.82) is 10.8 Å². The van der Waals surface area contributed by atoms with Crippen molar-refractivity contribution in [2.45, 2.75) is 190 Å². The fourth-order valence-corrected chi connectivity index (χ4v) is 14.9. The summed E-state index contributed by atoms with van der Waals surface area (Å²) in [4.78, 5) is 200. The number of phenols is 1. The number of pyridine rings is 2. The lowest BCUT2D eigenvalue weighted by Gasteiger charge is -2.29. The zero-order chi connectivity index (χ0) is 89.3. The van der Waals surface area contributed by atoms with Crippen LogP contribution in [0.25, 0.3) is 22.0 Å². The van der Waals surface area contributed by atoms with Crippen molar-refractivity contribution in [2.75, 3.05) is 31.2 Å². The minimum Gasteiger partial charge on any atom is -0.508 e. The maximum absolute atomic E-state index is 15.4. The number of phenolic OH excluding ortho intramolecular Hbond substituents is 1. The third-order valence-electron chi connectivity index (χ3n) is 19.5. The predicted octanol–water partition coefficient (Wildman–Crippen LogP) is -1.52. The number of carbonyl (C=O) groups excluding carboxylic acids is 13. The summed E-state index contributed by atoms with van der Waals surface area (Å²) in [6.45, 7) is 9.76. The van der Waals surface area contributed by atoms with Crippen LogP contribution in [0.15, 0.2) is 122 Å². The average molecular weight is 1730 g/mol. The van der Waals surface area contributed by atoms with E-state index in [0.717, 1.165) is 23.5 Å². The number of benzene rings is 3. The van der Waals surface area contributed by atoms with E-state index in [1.54, 1.807) is 111 Å². The van der Waals surface area contributed by atoms with Crippen molar-refractivity contribution in [1.82, 2.24) is 89.4 Å². The standard InChI is InChI=1S/C82H112N22O16S2/c1-43(2)31-60(94-47(7)107)76(116)104-68(46(6)106)80(120)99-62(32-48-15-9-8-10-16-48)75(115)101-65-41-121-39-53-25-23-50(35-90-53)51-24-26-54(91-36-51)40-122-42-66(78(118)100-64(38-105)69(83)109)102-79(119)67(44(3)4)103-72(112)59(20-14-30-89-82(86)87)95-70(110)45(5)93-73(113)63(34-52-37-92-57-18-12-11-17-56(52)57)98-74(114)61(33-49-21-27-55(108)28-22-49)97-71(111)58(96-77(65)117)19-13-29-88-81(84)85/h8-12,15-18,21-28,35-37,43-46,58-68,92,105-106,108H,13-14,19-20,29-34,38-42H2,1-7H3,(H2,83,109)(H,93,113)(H,94,107)(H,95,110)(H,96,117)(H,97,111)(H,98,114)(H,99,120)(H,100,118)(H,101,115)(H,102,119)(H,103,112)(H,104,116)(H4,84,85,88)(H4,86,87,89)/t45-,46+,58-,59-,60-,61-,62-,63-,64-,65+,66-,67-,68-/m0/s1. The summed E-state index contributed by atoms with van der Waals surface area (Å²) in [7, 11) is 0. The van der Waals surface area contributed by atoms with Crippen LogP contribution in [0.4, 0.5) is 0 Å². The molecule has 6 heterocycles. The summed E-state index contributed by atoms with van der Waals surface area (Å²) >= 11 is 2.29. The number of aliphatic hydroxyl groups excluding tert-OH is 2. The van der Waals surface area contributed by atoms with Crippen molar-refractivity contribution in [3.63, 3.8) is 0 Å². The first kappa shape index (κ1) is 96.7. The van der Waals surface area contributed by atoms with Crippen molar-refractivity contribution >= 4 is 123 Å². The molecule has 658 valence electrons. The first-order valence-corrected chi connectivity index (χ1v) is 42.1. The molecule has 4 bridgehead atoms. The molecule has 3 aromatic carbocycles. The van der Waals surface area contributed by atoms with Gasteiger partial charge in [-0.15, -0.1) is 0 Å². The van der Waals surface area contributed by atoms with Crippen molar-refractivity contribution in [2.24, 2.45) is 29.0 Å². The number of aromatic amines is 1. The number of primary amides is 1. The number of nitrogens with zero attached hydrogens (tertiary/aromatic N) is 2. The quantitative estimate of drug-likeness (QED) is 0.0144. The predicted molar refractivity (Wildman–Crippen MR) is 459 cm³/mol. The topological polar surface area (TPSA) is 618 Å². The molecule has 38 nitrogen and oxygen atoms in total. The van der Waals surface area contributed by atoms with Gasteiger partial charge in [-0.1, -0.05) is 100 Å². The van der Waals surface area contributed by atoms with Gasteiger partial charge in [-0.25, -0.2) is 0 Å². The van der Waals surface area contributed by atoms with Gasteiger partial charge in [0.05, 0.1) is 24.1 Å². The number of nitrogens with one attached hydrogen (secondary N) is 17. The van der Waals surface area contributed by atoms with Gasteiger partial charge in [0.1, 0.15) is 78.3 Å². The number of guanidine groups is 2. The largest absolute Gasteiger partial charge is 0.508 e. The number of rotatable bonds is 29. The number of amides is 13. The van der Waals surface area contributed by atoms with Gasteiger partial charge in [-0.3, -0.25) is 83.1 Å². The second-order valence-corrected chi connectivity index (χ2v) is 32.4. The Morgan fingerprint density at radius 3 is 1.66 bits per heavy atom. The van der Waals surface area contributed by atoms with Crippen LogP contribution < -0.4 is 91.6 Å². The Morgan fingerprint density at radius 1 is 0.566 bits per heavy atom. The molecular formula is C82H112N22O16S2. The Labute approximate surface area is 714 Å². The molecule has 9 rings (SSSR count). The van der Waals surface area contributed by atoms with Gasteiger partial charge in [0, 0.05) is 103 Å². The SMILES string of the molecule is CC(=O)N[C@@H](CC(C)C)C(=O)N[C@H](C(=O)N[C@@H](Cc1ccccc1)C(=O)N[C@@H]1CSCc2ccc(cn2)-c2ccc(nc2)CSC[C@@H](C(=O)N[C@@H](CO)C(N)=O)NC(=O)[C@H](C(C)C)NC(=O)[C@H](CCCNC(=N)N)NC(=O)[C@H](C)NC(=O)[C@H](Cc2c[nH]c3ccccc23)NC(=O)[C@H](Cc2ccc(O)cc2)NC(=O)[C@H](CCCNC(=N)N)NC1=O)[C@@H](C)O.